The van der Waals surface area contributed by atoms with E-state index in [4.69, 9.17) is 5.11 Å². The molecule has 0 aromatic carbocycles. The number of aliphatic carboxylic acids is 1. The van der Waals surface area contributed by atoms with E-state index in [0.717, 1.165) is 6.08 Å². The molecule has 0 atom stereocenters. The molecular formula is C7H6N2O3. The van der Waals surface area contributed by atoms with E-state index in [1.807, 2.05) is 0 Å². The zero-order valence-corrected chi connectivity index (χ0v) is 6.02. The molecule has 5 nitrogen and oxygen atoms in total. The molecule has 62 valence electrons. The fourth-order valence-electron chi connectivity index (χ4n) is 0.605. The monoisotopic (exact) mass is 166 g/mol. The van der Waals surface area contributed by atoms with Crippen LogP contribution in [0.4, 0.5) is 0 Å². The van der Waals surface area contributed by atoms with Crippen molar-refractivity contribution in [1.29, 1.82) is 0 Å². The van der Waals surface area contributed by atoms with E-state index in [-0.39, 0.29) is 5.56 Å². The van der Waals surface area contributed by atoms with Gasteiger partial charge in [-0.05, 0) is 12.1 Å². The second-order valence-electron chi connectivity index (χ2n) is 2.02. The molecule has 0 fully saturated rings. The number of carbonyl (C=O) groups is 1. The molecule has 1 aromatic heterocycles. The van der Waals surface area contributed by atoms with Crippen molar-refractivity contribution >= 4 is 12.0 Å². The van der Waals surface area contributed by atoms with Gasteiger partial charge in [0.25, 0.3) is 5.56 Å². The summed E-state index contributed by atoms with van der Waals surface area (Å²) in [4.78, 5) is 20.6. The molecule has 1 heterocycles. The van der Waals surface area contributed by atoms with Crippen LogP contribution in [0.1, 0.15) is 5.69 Å². The molecule has 0 amide bonds. The van der Waals surface area contributed by atoms with Crippen LogP contribution >= 0.6 is 0 Å². The van der Waals surface area contributed by atoms with Crippen LogP contribution < -0.4 is 5.56 Å². The third-order valence-electron chi connectivity index (χ3n) is 1.10. The Morgan fingerprint density at radius 2 is 2.33 bits per heavy atom. The number of aromatic amines is 1. The first-order valence-electron chi connectivity index (χ1n) is 3.15. The van der Waals surface area contributed by atoms with Crippen LogP contribution in [0.15, 0.2) is 23.0 Å². The molecule has 1 rings (SSSR count). The molecule has 0 aliphatic rings. The first-order chi connectivity index (χ1) is 5.68. The molecular weight excluding hydrogens is 160 g/mol. The molecule has 0 saturated heterocycles. The minimum absolute atomic E-state index is 0.317. The van der Waals surface area contributed by atoms with E-state index in [1.54, 1.807) is 0 Å². The molecule has 0 spiro atoms. The van der Waals surface area contributed by atoms with Gasteiger partial charge in [-0.15, -0.1) is 0 Å². The summed E-state index contributed by atoms with van der Waals surface area (Å²) in [7, 11) is 0. The second-order valence-corrected chi connectivity index (χ2v) is 2.02. The Labute approximate surface area is 67.4 Å². The molecule has 0 radical (unpaired) electrons. The summed E-state index contributed by atoms with van der Waals surface area (Å²) < 4.78 is 0. The number of hydrogen-bond acceptors (Lipinski definition) is 3. The smallest absolute Gasteiger partial charge is 0.328 e. The van der Waals surface area contributed by atoms with Crippen molar-refractivity contribution in [3.8, 4) is 0 Å². The molecule has 5 heteroatoms. The summed E-state index contributed by atoms with van der Waals surface area (Å²) in [6.07, 6.45) is 2.24. The van der Waals surface area contributed by atoms with E-state index in [0.29, 0.717) is 5.69 Å². The van der Waals surface area contributed by atoms with Gasteiger partial charge in [0.15, 0.2) is 0 Å². The molecule has 12 heavy (non-hydrogen) atoms. The van der Waals surface area contributed by atoms with Crippen LogP contribution in [0.25, 0.3) is 6.08 Å². The van der Waals surface area contributed by atoms with Gasteiger partial charge in [-0.1, -0.05) is 0 Å². The largest absolute Gasteiger partial charge is 0.478 e. The molecule has 0 saturated carbocycles. The quantitative estimate of drug-likeness (QED) is 0.599. The molecule has 2 N–H and O–H groups in total. The number of aromatic nitrogens is 2. The zero-order chi connectivity index (χ0) is 8.97. The van der Waals surface area contributed by atoms with Crippen LogP contribution in [-0.2, 0) is 4.79 Å². The first-order valence-corrected chi connectivity index (χ1v) is 3.15. The van der Waals surface area contributed by atoms with Crippen molar-refractivity contribution in [2.75, 3.05) is 0 Å². The maximum absolute atomic E-state index is 10.5. The van der Waals surface area contributed by atoms with Gasteiger partial charge < -0.3 is 5.11 Å². The SMILES string of the molecule is O=C(O)C=Cc1ccc(=O)[nH]n1. The van der Waals surface area contributed by atoms with Crippen LogP contribution in [0.3, 0.4) is 0 Å². The van der Waals surface area contributed by atoms with E-state index in [1.165, 1.54) is 18.2 Å². The van der Waals surface area contributed by atoms with Crippen LogP contribution in [-0.4, -0.2) is 21.3 Å². The third-order valence-corrected chi connectivity index (χ3v) is 1.10. The highest BCUT2D eigenvalue weighted by Crippen LogP contribution is 1.91. The lowest BCUT2D eigenvalue weighted by atomic mass is 10.3. The van der Waals surface area contributed by atoms with Crippen molar-refractivity contribution in [3.05, 3.63) is 34.3 Å². The summed E-state index contributed by atoms with van der Waals surface area (Å²) in [6, 6.07) is 2.70. The van der Waals surface area contributed by atoms with Gasteiger partial charge in [0.05, 0.1) is 5.69 Å². The summed E-state index contributed by atoms with van der Waals surface area (Å²) in [5, 5.41) is 14.0. The fourth-order valence-corrected chi connectivity index (χ4v) is 0.605. The number of hydrogen-bond donors (Lipinski definition) is 2. The van der Waals surface area contributed by atoms with Crippen molar-refractivity contribution in [1.82, 2.24) is 10.2 Å². The van der Waals surface area contributed by atoms with Gasteiger partial charge in [0.2, 0.25) is 0 Å². The number of nitrogens with zero attached hydrogens (tertiary/aromatic N) is 1. The van der Waals surface area contributed by atoms with Crippen LogP contribution in [0, 0.1) is 0 Å². The lowest BCUT2D eigenvalue weighted by Gasteiger charge is -1.87. The van der Waals surface area contributed by atoms with Crippen molar-refractivity contribution in [3.63, 3.8) is 0 Å². The Hall–Kier alpha value is -1.91. The van der Waals surface area contributed by atoms with Gasteiger partial charge in [0.1, 0.15) is 0 Å². The summed E-state index contributed by atoms with van der Waals surface area (Å²) in [6.45, 7) is 0. The Bertz CT molecular complexity index is 347. The molecule has 0 unspecified atom stereocenters. The molecule has 0 bridgehead atoms. The number of H-pyrrole nitrogens is 1. The third kappa shape index (κ3) is 2.37. The maximum atomic E-state index is 10.5. The first kappa shape index (κ1) is 8.19. The standard InChI is InChI=1S/C7H6N2O3/c10-6-3-1-5(8-9-6)2-4-7(11)12/h1-4H,(H,9,10)(H,11,12). The summed E-state index contributed by atoms with van der Waals surface area (Å²) >= 11 is 0. The van der Waals surface area contributed by atoms with Gasteiger partial charge in [0, 0.05) is 12.1 Å². The van der Waals surface area contributed by atoms with Gasteiger partial charge in [-0.25, -0.2) is 9.89 Å². The molecule has 0 aliphatic carbocycles. The Morgan fingerprint density at radius 1 is 1.58 bits per heavy atom. The van der Waals surface area contributed by atoms with Crippen LogP contribution in [0.5, 0.6) is 0 Å². The molecule has 0 aliphatic heterocycles. The fraction of sp³-hybridized carbons (Fsp3) is 0. The number of rotatable bonds is 2. The number of nitrogens with one attached hydrogen (secondary N) is 1. The minimum Gasteiger partial charge on any atom is -0.478 e. The summed E-state index contributed by atoms with van der Waals surface area (Å²) in [5.41, 5.74) is 0.0828. The van der Waals surface area contributed by atoms with Crippen molar-refractivity contribution in [2.24, 2.45) is 0 Å². The normalized spacial score (nSPS) is 10.3. The van der Waals surface area contributed by atoms with Crippen LogP contribution in [0.2, 0.25) is 0 Å². The van der Waals surface area contributed by atoms with E-state index in [9.17, 15) is 9.59 Å². The number of carboxylic acids is 1. The van der Waals surface area contributed by atoms with Crippen molar-refractivity contribution < 1.29 is 9.90 Å². The number of carboxylic acid groups (broad SMARTS) is 1. The topological polar surface area (TPSA) is 83.0 Å². The highest BCUT2D eigenvalue weighted by atomic mass is 16.4. The zero-order valence-electron chi connectivity index (χ0n) is 6.02. The molecule has 1 aromatic rings. The van der Waals surface area contributed by atoms with E-state index >= 15 is 0 Å². The minimum atomic E-state index is -1.05. The summed E-state index contributed by atoms with van der Waals surface area (Å²) in [5.74, 6) is -1.05. The van der Waals surface area contributed by atoms with Gasteiger partial charge >= 0.3 is 5.97 Å². The van der Waals surface area contributed by atoms with E-state index in [2.05, 4.69) is 10.2 Å². The van der Waals surface area contributed by atoms with Gasteiger partial charge in [-0.3, -0.25) is 4.79 Å². The Morgan fingerprint density at radius 3 is 2.83 bits per heavy atom. The van der Waals surface area contributed by atoms with E-state index < -0.39 is 5.97 Å². The average Bonchev–Trinajstić information content (AvgIpc) is 2.03. The lowest BCUT2D eigenvalue weighted by molar-refractivity contribution is -0.131. The maximum Gasteiger partial charge on any atom is 0.328 e. The van der Waals surface area contributed by atoms with Crippen molar-refractivity contribution in [2.45, 2.75) is 0 Å². The lowest BCUT2D eigenvalue weighted by Crippen LogP contribution is -2.05. The Balaban J connectivity index is 2.84. The highest BCUT2D eigenvalue weighted by Gasteiger charge is 1.89. The average molecular weight is 166 g/mol. The van der Waals surface area contributed by atoms with Gasteiger partial charge in [-0.2, -0.15) is 5.10 Å². The Kier molecular flexibility index (Phi) is 2.37. The highest BCUT2D eigenvalue weighted by molar-refractivity contribution is 5.84. The second kappa shape index (κ2) is 3.47. The predicted octanol–water partition coefficient (Wildman–Crippen LogP) is -0.132. The predicted molar refractivity (Wildman–Crippen MR) is 41.5 cm³/mol.